The molecule has 0 aromatic carbocycles. The molecule has 0 aliphatic rings. The van der Waals surface area contributed by atoms with Crippen molar-refractivity contribution in [2.75, 3.05) is 5.88 Å². The van der Waals surface area contributed by atoms with Crippen molar-refractivity contribution in [2.45, 2.75) is 14.5 Å². The smallest absolute Gasteiger partial charge is 0.125 e. The van der Waals surface area contributed by atoms with Gasteiger partial charge < -0.3 is 0 Å². The van der Waals surface area contributed by atoms with Crippen LogP contribution in [0.1, 0.15) is 0 Å². The molecule has 0 aliphatic heterocycles. The maximum Gasteiger partial charge on any atom is 0.165 e. The van der Waals surface area contributed by atoms with Gasteiger partial charge in [0.15, 0.2) is 4.33 Å². The van der Waals surface area contributed by atoms with Crippen molar-refractivity contribution in [3.8, 4) is 0 Å². The number of hydrogen-bond acceptors (Lipinski definition) is 0. The Kier molecular flexibility index (Phi) is 5.51. The zero-order valence-electron chi connectivity index (χ0n) is 4.63. The molecule has 0 nitrogen and oxygen atoms in total. The van der Waals surface area contributed by atoms with Crippen LogP contribution in [-0.2, 0) is 0 Å². The summed E-state index contributed by atoms with van der Waals surface area (Å²) in [6, 6.07) is 0. The summed E-state index contributed by atoms with van der Waals surface area (Å²) in [6.07, 6.45) is 0. The third-order valence-electron chi connectivity index (χ3n) is 0.844. The van der Waals surface area contributed by atoms with Gasteiger partial charge in [-0.05, 0) is 0 Å². The summed E-state index contributed by atoms with van der Waals surface area (Å²) >= 11 is 33.0. The minimum Gasteiger partial charge on any atom is -0.125 e. The van der Waals surface area contributed by atoms with Gasteiger partial charge in [-0.2, -0.15) is 0 Å². The third kappa shape index (κ3) is 3.00. The molecule has 0 spiro atoms. The van der Waals surface area contributed by atoms with E-state index in [0.717, 1.165) is 0 Å². The Hall–Kier alpha value is 1.74. The van der Waals surface area contributed by atoms with Crippen LogP contribution in [0, 0.1) is 0 Å². The molecule has 6 heteroatoms. The minimum absolute atomic E-state index is 0.102. The zero-order chi connectivity index (χ0) is 8.36. The lowest BCUT2D eigenvalue weighted by molar-refractivity contribution is 0.811. The van der Waals surface area contributed by atoms with E-state index in [1.165, 1.54) is 0 Å². The molecule has 0 amide bonds. The first kappa shape index (κ1) is 11.7. The van der Waals surface area contributed by atoms with Crippen LogP contribution >= 0.6 is 69.6 Å². The van der Waals surface area contributed by atoms with E-state index in [2.05, 4.69) is 0 Å². The van der Waals surface area contributed by atoms with E-state index in [1.54, 1.807) is 0 Å². The Morgan fingerprint density at radius 1 is 1.10 bits per heavy atom. The average Bonchev–Trinajstić information content (AvgIpc) is 1.86. The van der Waals surface area contributed by atoms with Gasteiger partial charge in [0.25, 0.3) is 0 Å². The Balaban J connectivity index is 4.09. The van der Waals surface area contributed by atoms with Crippen LogP contribution in [0.5, 0.6) is 0 Å². The Bertz CT molecular complexity index is 99.9. The van der Waals surface area contributed by atoms with Gasteiger partial charge in [0, 0.05) is 5.88 Å². The SMILES string of the molecule is ClCC(Cl)C(Cl)(Cl)C(Cl)Cl. The first-order valence-electron chi connectivity index (χ1n) is 2.29. The van der Waals surface area contributed by atoms with E-state index in [9.17, 15) is 0 Å². The molecule has 10 heavy (non-hydrogen) atoms. The van der Waals surface area contributed by atoms with E-state index in [1.807, 2.05) is 0 Å². The average molecular weight is 265 g/mol. The van der Waals surface area contributed by atoms with E-state index in [4.69, 9.17) is 69.6 Å². The predicted octanol–water partition coefficient (Wildman–Crippen LogP) is 3.81. The maximum absolute atomic E-state index is 5.61. The standard InChI is InChI=1S/C4H4Cl6/c5-1-2(6)4(9,10)3(7)8/h2-3H,1H2. The van der Waals surface area contributed by atoms with Gasteiger partial charge in [-0.3, -0.25) is 0 Å². The molecule has 0 saturated heterocycles. The topological polar surface area (TPSA) is 0 Å². The molecule has 0 aromatic heterocycles. The van der Waals surface area contributed by atoms with Gasteiger partial charge >= 0.3 is 0 Å². The molecule has 0 radical (unpaired) electrons. The van der Waals surface area contributed by atoms with Crippen LogP contribution in [0.4, 0.5) is 0 Å². The third-order valence-corrected chi connectivity index (χ3v) is 4.13. The summed E-state index contributed by atoms with van der Waals surface area (Å²) < 4.78 is -1.38. The summed E-state index contributed by atoms with van der Waals surface area (Å²) in [7, 11) is 0. The van der Waals surface area contributed by atoms with Crippen molar-refractivity contribution in [3.05, 3.63) is 0 Å². The number of alkyl halides is 6. The summed E-state index contributed by atoms with van der Waals surface area (Å²) in [4.78, 5) is -0.947. The van der Waals surface area contributed by atoms with Crippen molar-refractivity contribution in [2.24, 2.45) is 0 Å². The largest absolute Gasteiger partial charge is 0.165 e. The molecule has 0 N–H and O–H groups in total. The normalized spacial score (nSPS) is 15.9. The highest BCUT2D eigenvalue weighted by molar-refractivity contribution is 6.62. The highest BCUT2D eigenvalue weighted by Crippen LogP contribution is 2.38. The Morgan fingerprint density at radius 3 is 1.60 bits per heavy atom. The van der Waals surface area contributed by atoms with E-state index in [0.29, 0.717) is 0 Å². The van der Waals surface area contributed by atoms with E-state index >= 15 is 0 Å². The van der Waals surface area contributed by atoms with Gasteiger partial charge in [-0.15, -0.1) is 46.4 Å². The molecule has 0 saturated carbocycles. The molecule has 0 fully saturated rings. The first-order valence-corrected chi connectivity index (χ1v) is 4.89. The second-order valence-corrected chi connectivity index (χ2v) is 4.97. The lowest BCUT2D eigenvalue weighted by atomic mass is 10.3. The fourth-order valence-corrected chi connectivity index (χ4v) is 1.35. The molecule has 0 rings (SSSR count). The van der Waals surface area contributed by atoms with Gasteiger partial charge in [-0.25, -0.2) is 0 Å². The molecule has 1 atom stereocenters. The minimum atomic E-state index is -1.38. The molecular weight excluding hydrogens is 261 g/mol. The van der Waals surface area contributed by atoms with Crippen molar-refractivity contribution < 1.29 is 0 Å². The molecular formula is C4H4Cl6. The molecule has 0 bridgehead atoms. The van der Waals surface area contributed by atoms with Crippen LogP contribution < -0.4 is 0 Å². The molecule has 1 unspecified atom stereocenters. The van der Waals surface area contributed by atoms with Gasteiger partial charge in [0.05, 0.1) is 5.38 Å². The molecule has 62 valence electrons. The number of halogens is 6. The van der Waals surface area contributed by atoms with Crippen LogP contribution in [0.2, 0.25) is 0 Å². The fraction of sp³-hybridized carbons (Fsp3) is 1.00. The monoisotopic (exact) mass is 262 g/mol. The fourth-order valence-electron chi connectivity index (χ4n) is 0.240. The summed E-state index contributed by atoms with van der Waals surface area (Å²) in [5.74, 6) is 0.102. The van der Waals surface area contributed by atoms with Gasteiger partial charge in [0.1, 0.15) is 4.84 Å². The van der Waals surface area contributed by atoms with Crippen molar-refractivity contribution in [3.63, 3.8) is 0 Å². The van der Waals surface area contributed by atoms with Crippen molar-refractivity contribution in [1.82, 2.24) is 0 Å². The zero-order valence-corrected chi connectivity index (χ0v) is 9.17. The van der Waals surface area contributed by atoms with E-state index < -0.39 is 14.5 Å². The van der Waals surface area contributed by atoms with Crippen LogP contribution in [0.15, 0.2) is 0 Å². The Labute approximate surface area is 89.7 Å². The van der Waals surface area contributed by atoms with Gasteiger partial charge in [0.2, 0.25) is 0 Å². The number of rotatable bonds is 3. The molecule has 0 aromatic rings. The summed E-state index contributed by atoms with van der Waals surface area (Å²) in [6.45, 7) is 0. The summed E-state index contributed by atoms with van der Waals surface area (Å²) in [5.41, 5.74) is 0. The lowest BCUT2D eigenvalue weighted by Gasteiger charge is -2.24. The highest BCUT2D eigenvalue weighted by atomic mass is 35.5. The van der Waals surface area contributed by atoms with Crippen molar-refractivity contribution in [1.29, 1.82) is 0 Å². The van der Waals surface area contributed by atoms with Gasteiger partial charge in [-0.1, -0.05) is 23.2 Å². The Morgan fingerprint density at radius 2 is 1.50 bits per heavy atom. The first-order chi connectivity index (χ1) is 4.42. The second-order valence-electron chi connectivity index (χ2n) is 1.60. The van der Waals surface area contributed by atoms with Crippen LogP contribution in [0.25, 0.3) is 0 Å². The van der Waals surface area contributed by atoms with Crippen LogP contribution in [-0.4, -0.2) is 20.4 Å². The second kappa shape index (κ2) is 4.69. The van der Waals surface area contributed by atoms with Crippen LogP contribution in [0.3, 0.4) is 0 Å². The molecule has 0 heterocycles. The lowest BCUT2D eigenvalue weighted by Crippen LogP contribution is -2.34. The quantitative estimate of drug-likeness (QED) is 0.680. The van der Waals surface area contributed by atoms with Crippen molar-refractivity contribution >= 4 is 69.6 Å². The van der Waals surface area contributed by atoms with E-state index in [-0.39, 0.29) is 5.88 Å². The maximum atomic E-state index is 5.61. The highest BCUT2D eigenvalue weighted by Gasteiger charge is 2.39. The summed E-state index contributed by atoms with van der Waals surface area (Å²) in [5, 5.41) is -0.655. The predicted molar refractivity (Wildman–Crippen MR) is 50.3 cm³/mol. The number of hydrogen-bond donors (Lipinski definition) is 0. The molecule has 0 aliphatic carbocycles.